The smallest absolute Gasteiger partial charge is 0.339 e. The number of thioether (sulfide) groups is 1. The number of carboxylic acids is 1. The van der Waals surface area contributed by atoms with E-state index in [1.54, 1.807) is 31.2 Å². The second-order valence-electron chi connectivity index (χ2n) is 6.96. The van der Waals surface area contributed by atoms with Gasteiger partial charge in [0, 0.05) is 0 Å². The van der Waals surface area contributed by atoms with Crippen molar-refractivity contribution in [3.63, 3.8) is 0 Å². The van der Waals surface area contributed by atoms with Crippen LogP contribution >= 0.6 is 34.4 Å². The first-order valence-corrected chi connectivity index (χ1v) is 13.2. The average Bonchev–Trinajstić information content (AvgIpc) is 3.09. The van der Waals surface area contributed by atoms with Crippen molar-refractivity contribution in [2.75, 3.05) is 6.61 Å². The monoisotopic (exact) mass is 617 g/mol. The molecule has 0 bridgehead atoms. The first-order chi connectivity index (χ1) is 16.1. The molecule has 1 amide bonds. The number of rotatable bonds is 9. The molecule has 0 saturated carbocycles. The van der Waals surface area contributed by atoms with E-state index in [0.717, 1.165) is 17.3 Å². The van der Waals surface area contributed by atoms with E-state index in [2.05, 4.69) is 15.5 Å². The van der Waals surface area contributed by atoms with Gasteiger partial charge in [0.15, 0.2) is 16.7 Å². The van der Waals surface area contributed by atoms with Crippen LogP contribution in [0.5, 0.6) is 11.5 Å². The lowest BCUT2D eigenvalue weighted by Gasteiger charge is -2.14. The van der Waals surface area contributed by atoms with Gasteiger partial charge in [-0.2, -0.15) is 13.5 Å². The molecule has 1 heterocycles. The van der Waals surface area contributed by atoms with Gasteiger partial charge < -0.3 is 19.3 Å². The Morgan fingerprint density at radius 2 is 2.00 bits per heavy atom. The number of hydrogen-bond acceptors (Lipinski definition) is 9. The van der Waals surface area contributed by atoms with Gasteiger partial charge in [-0.05, 0) is 66.3 Å². The largest absolute Gasteiger partial charge is 0.490 e. The van der Waals surface area contributed by atoms with Crippen LogP contribution in [0, 0.1) is 10.5 Å². The lowest BCUT2D eigenvalue weighted by molar-refractivity contribution is -0.138. The van der Waals surface area contributed by atoms with E-state index in [0.29, 0.717) is 9.13 Å². The number of benzene rings is 2. The third-order valence-corrected chi connectivity index (χ3v) is 7.44. The molecule has 1 saturated heterocycles. The van der Waals surface area contributed by atoms with Crippen LogP contribution in [0.3, 0.4) is 0 Å². The van der Waals surface area contributed by atoms with Crippen LogP contribution in [0.1, 0.15) is 24.5 Å². The molecule has 1 fully saturated rings. The summed E-state index contributed by atoms with van der Waals surface area (Å²) in [5.41, 5.74) is 1.47. The van der Waals surface area contributed by atoms with Crippen molar-refractivity contribution in [3.05, 3.63) is 51.1 Å². The Kier molecular flexibility index (Phi) is 8.54. The van der Waals surface area contributed by atoms with E-state index in [4.69, 9.17) is 14.0 Å². The Morgan fingerprint density at radius 1 is 1.29 bits per heavy atom. The highest BCUT2D eigenvalue weighted by Gasteiger charge is 2.32. The fourth-order valence-electron chi connectivity index (χ4n) is 2.76. The van der Waals surface area contributed by atoms with Gasteiger partial charge in [0.2, 0.25) is 5.91 Å². The molecule has 13 heteroatoms. The molecule has 180 valence electrons. The van der Waals surface area contributed by atoms with Gasteiger partial charge in [-0.15, -0.1) is 5.10 Å². The fourth-order valence-corrected chi connectivity index (χ4v) is 5.52. The van der Waals surface area contributed by atoms with Gasteiger partial charge in [0.25, 0.3) is 0 Å². The van der Waals surface area contributed by atoms with E-state index < -0.39 is 27.2 Å². The molecule has 0 spiro atoms. The van der Waals surface area contributed by atoms with Crippen molar-refractivity contribution < 1.29 is 32.0 Å². The van der Waals surface area contributed by atoms with E-state index in [9.17, 15) is 18.0 Å². The first-order valence-electron chi connectivity index (χ1n) is 9.87. The molecule has 1 aliphatic heterocycles. The second-order valence-corrected chi connectivity index (χ2v) is 10.9. The highest BCUT2D eigenvalue weighted by molar-refractivity contribution is 14.1. The summed E-state index contributed by atoms with van der Waals surface area (Å²) in [5.74, 6) is -1.25. The normalized spacial score (nSPS) is 17.2. The highest BCUT2D eigenvalue weighted by Crippen LogP contribution is 2.36. The maximum absolute atomic E-state index is 12.7. The van der Waals surface area contributed by atoms with Gasteiger partial charge in [-0.25, -0.2) is 0 Å². The van der Waals surface area contributed by atoms with Crippen LogP contribution in [0.2, 0.25) is 0 Å². The molecule has 2 N–H and O–H groups in total. The first kappa shape index (κ1) is 26.0. The van der Waals surface area contributed by atoms with Crippen LogP contribution in [-0.2, 0) is 19.7 Å². The predicted octanol–water partition coefficient (Wildman–Crippen LogP) is 3.16. The molecule has 2 aromatic carbocycles. The molecule has 2 aromatic rings. The molecule has 1 unspecified atom stereocenters. The minimum absolute atomic E-state index is 0.0233. The topological polar surface area (TPSA) is 144 Å². The van der Waals surface area contributed by atoms with Crippen LogP contribution < -0.4 is 14.2 Å². The Balaban J connectivity index is 1.81. The summed E-state index contributed by atoms with van der Waals surface area (Å²) >= 11 is 2.92. The molecule has 0 aliphatic carbocycles. The van der Waals surface area contributed by atoms with Gasteiger partial charge in [0.05, 0.1) is 22.8 Å². The predicted molar refractivity (Wildman–Crippen MR) is 136 cm³/mol. The molecule has 10 nitrogen and oxygen atoms in total. The van der Waals surface area contributed by atoms with Gasteiger partial charge in [-0.3, -0.25) is 9.59 Å². The van der Waals surface area contributed by atoms with Crippen molar-refractivity contribution in [3.8, 4) is 11.5 Å². The van der Waals surface area contributed by atoms with Crippen molar-refractivity contribution in [1.29, 1.82) is 0 Å². The summed E-state index contributed by atoms with van der Waals surface area (Å²) in [6, 6.07) is 9.50. The van der Waals surface area contributed by atoms with E-state index in [-0.39, 0.29) is 34.6 Å². The lowest BCUT2D eigenvalue weighted by atomic mass is 10.2. The number of carboxylic acid groups (broad SMARTS) is 1. The molecule has 1 atom stereocenters. The van der Waals surface area contributed by atoms with E-state index in [1.165, 1.54) is 18.3 Å². The van der Waals surface area contributed by atoms with Gasteiger partial charge >= 0.3 is 16.1 Å². The molecular formula is C21H20IN3O7S2. The summed E-state index contributed by atoms with van der Waals surface area (Å²) < 4.78 is 37.0. The lowest BCUT2D eigenvalue weighted by Crippen LogP contribution is -2.26. The zero-order valence-electron chi connectivity index (χ0n) is 18.0. The molecular weight excluding hydrogens is 597 g/mol. The SMILES string of the molecule is CCOc1cc(C=N/N=C2\NC(=O)C(CC(=O)O)S2)cc(I)c1OS(=O)(=O)c1ccc(C)cc1. The number of aliphatic carboxylic acids is 1. The maximum atomic E-state index is 12.7. The number of carbonyl (C=O) groups excluding carboxylic acids is 1. The highest BCUT2D eigenvalue weighted by atomic mass is 127. The molecule has 1 aliphatic rings. The zero-order valence-corrected chi connectivity index (χ0v) is 21.8. The number of amides is 1. The molecule has 34 heavy (non-hydrogen) atoms. The van der Waals surface area contributed by atoms with Crippen molar-refractivity contribution in [2.45, 2.75) is 30.4 Å². The Bertz CT molecular complexity index is 1260. The Labute approximate surface area is 214 Å². The summed E-state index contributed by atoms with van der Waals surface area (Å²) in [4.78, 5) is 22.6. The fraction of sp³-hybridized carbons (Fsp3) is 0.238. The molecule has 0 aromatic heterocycles. The third kappa shape index (κ3) is 6.70. The molecule has 0 radical (unpaired) electrons. The maximum Gasteiger partial charge on any atom is 0.339 e. The number of ether oxygens (including phenoxy) is 1. The van der Waals surface area contributed by atoms with Crippen LogP contribution in [0.4, 0.5) is 0 Å². The number of hydrogen-bond donors (Lipinski definition) is 2. The summed E-state index contributed by atoms with van der Waals surface area (Å²) in [6.07, 6.45) is 1.08. The summed E-state index contributed by atoms with van der Waals surface area (Å²) in [6.45, 7) is 3.88. The number of halogens is 1. The number of nitrogens with one attached hydrogen (secondary N) is 1. The van der Waals surface area contributed by atoms with Gasteiger partial charge in [-0.1, -0.05) is 29.5 Å². The Hall–Kier alpha value is -2.65. The minimum atomic E-state index is -4.08. The number of aryl methyl sites for hydroxylation is 1. The third-order valence-electron chi connectivity index (χ3n) is 4.33. The molecule has 3 rings (SSSR count). The van der Waals surface area contributed by atoms with Crippen LogP contribution in [-0.4, -0.2) is 48.6 Å². The number of amidine groups is 1. The number of nitrogens with zero attached hydrogens (tertiary/aromatic N) is 2. The van der Waals surface area contributed by atoms with Crippen LogP contribution in [0.15, 0.2) is 51.5 Å². The summed E-state index contributed by atoms with van der Waals surface area (Å²) in [7, 11) is -4.08. The van der Waals surface area contributed by atoms with E-state index in [1.807, 2.05) is 29.5 Å². The van der Waals surface area contributed by atoms with Crippen molar-refractivity contribution in [2.24, 2.45) is 10.2 Å². The van der Waals surface area contributed by atoms with Crippen LogP contribution in [0.25, 0.3) is 0 Å². The van der Waals surface area contributed by atoms with Crippen molar-refractivity contribution >= 4 is 67.7 Å². The standard InChI is InChI=1S/C21H20IN3O7S2/c1-3-31-16-9-13(11-23-25-21-24-20(28)17(33-21)10-18(26)27)8-15(22)19(16)32-34(29,30)14-6-4-12(2)5-7-14/h4-9,11,17H,3,10H2,1-2H3,(H,26,27)(H,24,25,28). The zero-order chi connectivity index (χ0) is 24.9. The van der Waals surface area contributed by atoms with Crippen molar-refractivity contribution in [1.82, 2.24) is 5.32 Å². The number of carbonyl (C=O) groups is 2. The quantitative estimate of drug-likeness (QED) is 0.189. The van der Waals surface area contributed by atoms with E-state index >= 15 is 0 Å². The average molecular weight is 617 g/mol. The Morgan fingerprint density at radius 3 is 2.65 bits per heavy atom. The summed E-state index contributed by atoms with van der Waals surface area (Å²) in [5, 5.41) is 18.6. The van der Waals surface area contributed by atoms with Gasteiger partial charge in [0.1, 0.15) is 10.1 Å². The minimum Gasteiger partial charge on any atom is -0.490 e. The second kappa shape index (κ2) is 11.2.